The van der Waals surface area contributed by atoms with Crippen molar-refractivity contribution in [2.45, 2.75) is 37.6 Å². The molecule has 37 heavy (non-hydrogen) atoms. The fraction of sp³-hybridized carbons (Fsp3) is 0.310. The smallest absolute Gasteiger partial charge is 0.245 e. The summed E-state index contributed by atoms with van der Waals surface area (Å²) in [6.07, 6.45) is 1.27. The van der Waals surface area contributed by atoms with Gasteiger partial charge in [-0.1, -0.05) is 36.4 Å². The first-order valence-electron chi connectivity index (χ1n) is 12.2. The third-order valence-corrected chi connectivity index (χ3v) is 7.27. The maximum absolute atomic E-state index is 14.2. The summed E-state index contributed by atoms with van der Waals surface area (Å²) in [5.41, 5.74) is 2.04. The van der Waals surface area contributed by atoms with E-state index < -0.39 is 29.6 Å². The molecule has 3 aromatic carbocycles. The van der Waals surface area contributed by atoms with E-state index in [2.05, 4.69) is 5.32 Å². The van der Waals surface area contributed by atoms with Crippen molar-refractivity contribution in [2.75, 3.05) is 19.7 Å². The van der Waals surface area contributed by atoms with E-state index in [4.69, 9.17) is 5.11 Å². The monoisotopic (exact) mass is 510 g/mol. The molecule has 0 aromatic heterocycles. The first-order chi connectivity index (χ1) is 17.7. The molecule has 0 unspecified atom stereocenters. The van der Waals surface area contributed by atoms with Gasteiger partial charge in [-0.15, -0.1) is 0 Å². The molecule has 0 aliphatic carbocycles. The van der Waals surface area contributed by atoms with Gasteiger partial charge in [-0.25, -0.2) is 13.2 Å². The van der Waals surface area contributed by atoms with Crippen molar-refractivity contribution in [3.05, 3.63) is 95.3 Å². The minimum Gasteiger partial charge on any atom is -0.387 e. The molecule has 1 aliphatic heterocycles. The predicted molar refractivity (Wildman–Crippen MR) is 134 cm³/mol. The average molecular weight is 511 g/mol. The Balaban J connectivity index is 1.51. The van der Waals surface area contributed by atoms with E-state index in [1.165, 1.54) is 24.3 Å². The normalized spacial score (nSPS) is 18.5. The van der Waals surface area contributed by atoms with Gasteiger partial charge in [0.05, 0.1) is 6.04 Å². The van der Waals surface area contributed by atoms with Crippen molar-refractivity contribution in [1.29, 1.82) is 0 Å². The topological polar surface area (TPSA) is 69.6 Å². The lowest BCUT2D eigenvalue weighted by Gasteiger charge is -2.44. The number of carbonyl (C=O) groups excluding carboxylic acids is 2. The molecular formula is C29H29F3N2O3. The molecule has 1 heterocycles. The number of likely N-dealkylation sites (tertiary alicyclic amines) is 1. The number of halogens is 3. The molecule has 0 saturated carbocycles. The molecule has 2 atom stereocenters. The summed E-state index contributed by atoms with van der Waals surface area (Å²) >= 11 is 0. The molecule has 8 heteroatoms. The fourth-order valence-electron chi connectivity index (χ4n) is 5.10. The van der Waals surface area contributed by atoms with Crippen molar-refractivity contribution in [1.82, 2.24) is 10.2 Å². The lowest BCUT2D eigenvalue weighted by Crippen LogP contribution is -2.48. The summed E-state index contributed by atoms with van der Waals surface area (Å²) in [6, 6.07) is 16.5. The number of benzene rings is 3. The van der Waals surface area contributed by atoms with Crippen LogP contribution in [-0.2, 0) is 15.0 Å². The van der Waals surface area contributed by atoms with Crippen LogP contribution in [0, 0.1) is 17.5 Å². The van der Waals surface area contributed by atoms with Crippen LogP contribution in [0.5, 0.6) is 0 Å². The second-order valence-electron chi connectivity index (χ2n) is 9.48. The van der Waals surface area contributed by atoms with Crippen molar-refractivity contribution in [2.24, 2.45) is 0 Å². The Kier molecular flexibility index (Phi) is 7.97. The highest BCUT2D eigenvalue weighted by Crippen LogP contribution is 2.41. The molecule has 1 aliphatic rings. The van der Waals surface area contributed by atoms with E-state index in [1.54, 1.807) is 29.2 Å². The minimum atomic E-state index is -0.640. The largest absolute Gasteiger partial charge is 0.387 e. The van der Waals surface area contributed by atoms with Gasteiger partial charge in [-0.2, -0.15) is 0 Å². The third-order valence-electron chi connectivity index (χ3n) is 7.27. The van der Waals surface area contributed by atoms with Crippen LogP contribution in [0.15, 0.2) is 66.7 Å². The van der Waals surface area contributed by atoms with Crippen molar-refractivity contribution in [3.8, 4) is 11.1 Å². The second kappa shape index (κ2) is 11.2. The second-order valence-corrected chi connectivity index (χ2v) is 9.48. The summed E-state index contributed by atoms with van der Waals surface area (Å²) in [5.74, 6) is -2.20. The molecule has 0 radical (unpaired) electrons. The summed E-state index contributed by atoms with van der Waals surface area (Å²) in [6.45, 7) is 2.05. The number of carbonyl (C=O) groups is 2. The molecule has 2 amide bonds. The number of hydrogen-bond acceptors (Lipinski definition) is 3. The summed E-state index contributed by atoms with van der Waals surface area (Å²) in [5, 5.41) is 11.6. The van der Waals surface area contributed by atoms with Gasteiger partial charge < -0.3 is 15.3 Å². The van der Waals surface area contributed by atoms with Crippen LogP contribution in [0.2, 0.25) is 0 Å². The Morgan fingerprint density at radius 3 is 2.32 bits per heavy atom. The number of hydrogen-bond donors (Lipinski definition) is 2. The van der Waals surface area contributed by atoms with E-state index in [0.29, 0.717) is 30.5 Å². The lowest BCUT2D eigenvalue weighted by atomic mass is 9.70. The Bertz CT molecular complexity index is 1260. The number of nitrogens with one attached hydrogen (secondary N) is 1. The van der Waals surface area contributed by atoms with Crippen LogP contribution in [-0.4, -0.2) is 41.5 Å². The molecular weight excluding hydrogens is 481 g/mol. The van der Waals surface area contributed by atoms with Crippen molar-refractivity contribution in [3.63, 3.8) is 0 Å². The Labute approximate surface area is 213 Å². The number of nitrogens with zero attached hydrogens (tertiary/aromatic N) is 1. The van der Waals surface area contributed by atoms with E-state index in [9.17, 15) is 22.8 Å². The average Bonchev–Trinajstić information content (AvgIpc) is 2.89. The van der Waals surface area contributed by atoms with Crippen LogP contribution in [0.1, 0.15) is 43.4 Å². The SMILES string of the molecule is C[C@@H](c1ccc(-c2ccc(F)cc2F)cc1)N1CC[C@](CCNC(=O)CO)(c2ccc(F)cc2)CC1=O. The van der Waals surface area contributed by atoms with Crippen molar-refractivity contribution < 1.29 is 27.9 Å². The standard InChI is InChI=1S/C29H29F3N2O3/c1-19(20-2-4-21(5-3-20)25-11-10-24(31)16-26(25)32)34-15-13-29(17-28(34)37,12-14-33-27(36)18-35)22-6-8-23(30)9-7-22/h2-11,16,19,35H,12-15,17-18H2,1H3,(H,33,36)/t19-,29-/m0/s1. The van der Waals surface area contributed by atoms with Gasteiger partial charge in [0, 0.05) is 36.6 Å². The maximum Gasteiger partial charge on any atom is 0.245 e. The highest BCUT2D eigenvalue weighted by Gasteiger charge is 2.41. The van der Waals surface area contributed by atoms with Gasteiger partial charge in [-0.3, -0.25) is 9.59 Å². The van der Waals surface area contributed by atoms with Crippen LogP contribution in [0.25, 0.3) is 11.1 Å². The highest BCUT2D eigenvalue weighted by atomic mass is 19.1. The van der Waals surface area contributed by atoms with E-state index in [1.807, 2.05) is 19.1 Å². The van der Waals surface area contributed by atoms with Gasteiger partial charge in [-0.05, 0) is 60.7 Å². The van der Waals surface area contributed by atoms with Gasteiger partial charge in [0.25, 0.3) is 0 Å². The van der Waals surface area contributed by atoms with Gasteiger partial charge in [0.2, 0.25) is 11.8 Å². The van der Waals surface area contributed by atoms with Crippen LogP contribution < -0.4 is 5.32 Å². The molecule has 0 bridgehead atoms. The van der Waals surface area contributed by atoms with E-state index >= 15 is 0 Å². The number of piperidine rings is 1. The third kappa shape index (κ3) is 5.85. The molecule has 2 N–H and O–H groups in total. The number of aliphatic hydroxyl groups is 1. The van der Waals surface area contributed by atoms with Gasteiger partial charge >= 0.3 is 0 Å². The number of rotatable bonds is 8. The van der Waals surface area contributed by atoms with E-state index in [0.717, 1.165) is 17.2 Å². The van der Waals surface area contributed by atoms with Crippen LogP contribution in [0.3, 0.4) is 0 Å². The molecule has 5 nitrogen and oxygen atoms in total. The summed E-state index contributed by atoms with van der Waals surface area (Å²) in [4.78, 5) is 26.7. The number of amides is 2. The maximum atomic E-state index is 14.2. The molecule has 3 aromatic rings. The van der Waals surface area contributed by atoms with Crippen LogP contribution >= 0.6 is 0 Å². The lowest BCUT2D eigenvalue weighted by molar-refractivity contribution is -0.138. The predicted octanol–water partition coefficient (Wildman–Crippen LogP) is 4.89. The Morgan fingerprint density at radius 1 is 1.03 bits per heavy atom. The zero-order valence-corrected chi connectivity index (χ0v) is 20.5. The van der Waals surface area contributed by atoms with E-state index in [-0.39, 0.29) is 30.7 Å². The molecule has 1 fully saturated rings. The zero-order chi connectivity index (χ0) is 26.6. The Morgan fingerprint density at radius 2 is 1.70 bits per heavy atom. The summed E-state index contributed by atoms with van der Waals surface area (Å²) < 4.78 is 41.0. The van der Waals surface area contributed by atoms with Crippen molar-refractivity contribution >= 4 is 11.8 Å². The highest BCUT2D eigenvalue weighted by molar-refractivity contribution is 5.80. The molecule has 1 saturated heterocycles. The zero-order valence-electron chi connectivity index (χ0n) is 20.5. The minimum absolute atomic E-state index is 0.0646. The van der Waals surface area contributed by atoms with Gasteiger partial charge in [0.15, 0.2) is 0 Å². The molecule has 4 rings (SSSR count). The fourth-order valence-corrected chi connectivity index (χ4v) is 5.10. The molecule has 0 spiro atoms. The first kappa shape index (κ1) is 26.4. The quantitative estimate of drug-likeness (QED) is 0.453. The van der Waals surface area contributed by atoms with Crippen LogP contribution in [0.4, 0.5) is 13.2 Å². The summed E-state index contributed by atoms with van der Waals surface area (Å²) in [7, 11) is 0. The first-order valence-corrected chi connectivity index (χ1v) is 12.2. The molecule has 194 valence electrons. The number of aliphatic hydroxyl groups excluding tert-OH is 1. The van der Waals surface area contributed by atoms with Gasteiger partial charge in [0.1, 0.15) is 24.1 Å². The Hall–Kier alpha value is -3.65.